The summed E-state index contributed by atoms with van der Waals surface area (Å²) in [5, 5.41) is 0.647. The number of thiophene rings is 1. The Bertz CT molecular complexity index is 1040. The van der Waals surface area contributed by atoms with E-state index in [1.165, 1.54) is 22.2 Å². The number of ether oxygens (including phenoxy) is 1. The number of fused-ring (bicyclic) bond motifs is 1. The summed E-state index contributed by atoms with van der Waals surface area (Å²) in [6.07, 6.45) is 1.62. The van der Waals surface area contributed by atoms with Gasteiger partial charge in [-0.1, -0.05) is 17.7 Å². The molecular formula is C20H22N2O3S. The van der Waals surface area contributed by atoms with Crippen molar-refractivity contribution in [2.75, 3.05) is 0 Å². The quantitative estimate of drug-likeness (QED) is 0.514. The SMILES string of the molecule is Cc1cc(C)c(OC(=O)CCn2cnc3sc(C)c(C)c3c2=O)c(C)c1. The molecule has 2 aromatic heterocycles. The van der Waals surface area contributed by atoms with Gasteiger partial charge in [0.15, 0.2) is 0 Å². The monoisotopic (exact) mass is 370 g/mol. The normalized spacial score (nSPS) is 11.1. The van der Waals surface area contributed by atoms with Crippen LogP contribution in [0.2, 0.25) is 0 Å². The van der Waals surface area contributed by atoms with E-state index in [4.69, 9.17) is 4.74 Å². The van der Waals surface area contributed by atoms with E-state index in [1.807, 2.05) is 46.8 Å². The lowest BCUT2D eigenvalue weighted by Gasteiger charge is -2.12. The fourth-order valence-corrected chi connectivity index (χ4v) is 4.12. The molecular weight excluding hydrogens is 348 g/mol. The molecule has 0 atom stereocenters. The van der Waals surface area contributed by atoms with E-state index in [9.17, 15) is 9.59 Å². The van der Waals surface area contributed by atoms with Crippen LogP contribution < -0.4 is 10.3 Å². The maximum atomic E-state index is 12.7. The summed E-state index contributed by atoms with van der Waals surface area (Å²) in [7, 11) is 0. The van der Waals surface area contributed by atoms with Crippen LogP contribution in [-0.4, -0.2) is 15.5 Å². The lowest BCUT2D eigenvalue weighted by molar-refractivity contribution is -0.134. The third-order valence-electron chi connectivity index (χ3n) is 4.53. The minimum atomic E-state index is -0.356. The fourth-order valence-electron chi connectivity index (χ4n) is 3.13. The molecule has 0 aliphatic carbocycles. The highest BCUT2D eigenvalue weighted by atomic mass is 32.1. The van der Waals surface area contributed by atoms with Crippen LogP contribution in [0.25, 0.3) is 10.2 Å². The average molecular weight is 370 g/mol. The Morgan fingerprint density at radius 3 is 2.46 bits per heavy atom. The Balaban J connectivity index is 1.76. The molecule has 0 fully saturated rings. The third kappa shape index (κ3) is 3.42. The van der Waals surface area contributed by atoms with E-state index >= 15 is 0 Å². The number of esters is 1. The third-order valence-corrected chi connectivity index (χ3v) is 5.65. The molecule has 0 unspecified atom stereocenters. The van der Waals surface area contributed by atoms with Crippen LogP contribution >= 0.6 is 11.3 Å². The maximum absolute atomic E-state index is 12.7. The lowest BCUT2D eigenvalue weighted by Crippen LogP contribution is -2.23. The summed E-state index contributed by atoms with van der Waals surface area (Å²) in [4.78, 5) is 31.1. The summed E-state index contributed by atoms with van der Waals surface area (Å²) in [6.45, 7) is 10.0. The molecule has 0 radical (unpaired) electrons. The zero-order valence-corrected chi connectivity index (χ0v) is 16.5. The zero-order valence-electron chi connectivity index (χ0n) is 15.7. The molecule has 6 heteroatoms. The summed E-state index contributed by atoms with van der Waals surface area (Å²) in [5.41, 5.74) is 3.85. The van der Waals surface area contributed by atoms with Gasteiger partial charge in [0, 0.05) is 11.4 Å². The van der Waals surface area contributed by atoms with Gasteiger partial charge in [-0.25, -0.2) is 4.98 Å². The molecule has 0 saturated heterocycles. The van der Waals surface area contributed by atoms with Crippen LogP contribution in [0.5, 0.6) is 5.75 Å². The van der Waals surface area contributed by atoms with E-state index in [2.05, 4.69) is 4.98 Å². The van der Waals surface area contributed by atoms with Crippen LogP contribution in [0.15, 0.2) is 23.3 Å². The van der Waals surface area contributed by atoms with E-state index < -0.39 is 0 Å². The smallest absolute Gasteiger partial charge is 0.313 e. The van der Waals surface area contributed by atoms with Crippen LogP contribution in [0.1, 0.15) is 33.6 Å². The van der Waals surface area contributed by atoms with Crippen molar-refractivity contribution in [2.24, 2.45) is 0 Å². The number of carbonyl (C=O) groups excluding carboxylic acids is 1. The molecule has 3 rings (SSSR count). The van der Waals surface area contributed by atoms with Gasteiger partial charge < -0.3 is 4.74 Å². The van der Waals surface area contributed by atoms with Gasteiger partial charge in [-0.15, -0.1) is 11.3 Å². The van der Waals surface area contributed by atoms with Crippen LogP contribution in [0, 0.1) is 34.6 Å². The predicted octanol–water partition coefficient (Wildman–Crippen LogP) is 4.00. The average Bonchev–Trinajstić information content (AvgIpc) is 2.85. The van der Waals surface area contributed by atoms with Crippen molar-refractivity contribution in [3.63, 3.8) is 0 Å². The molecule has 0 spiro atoms. The number of aromatic nitrogens is 2. The minimum absolute atomic E-state index is 0.104. The van der Waals surface area contributed by atoms with Crippen LogP contribution in [0.3, 0.4) is 0 Å². The highest BCUT2D eigenvalue weighted by molar-refractivity contribution is 7.18. The Labute approximate surface area is 156 Å². The van der Waals surface area contributed by atoms with E-state index in [-0.39, 0.29) is 24.5 Å². The molecule has 0 aliphatic heterocycles. The molecule has 0 bridgehead atoms. The van der Waals surface area contributed by atoms with Gasteiger partial charge in [0.25, 0.3) is 5.56 Å². The Morgan fingerprint density at radius 1 is 1.15 bits per heavy atom. The van der Waals surface area contributed by atoms with Crippen molar-refractivity contribution >= 4 is 27.5 Å². The van der Waals surface area contributed by atoms with Gasteiger partial charge in [0.2, 0.25) is 0 Å². The Hall–Kier alpha value is -2.47. The summed E-state index contributed by atoms with van der Waals surface area (Å²) >= 11 is 1.52. The molecule has 0 saturated carbocycles. The molecule has 0 amide bonds. The van der Waals surface area contributed by atoms with Gasteiger partial charge >= 0.3 is 5.97 Å². The number of hydrogen-bond acceptors (Lipinski definition) is 5. The summed E-state index contributed by atoms with van der Waals surface area (Å²) in [5.74, 6) is 0.246. The summed E-state index contributed by atoms with van der Waals surface area (Å²) < 4.78 is 7.02. The van der Waals surface area contributed by atoms with E-state index in [1.54, 1.807) is 0 Å². The van der Waals surface area contributed by atoms with Gasteiger partial charge in [0.1, 0.15) is 10.6 Å². The first-order valence-electron chi connectivity index (χ1n) is 8.51. The van der Waals surface area contributed by atoms with Gasteiger partial charge in [-0.3, -0.25) is 14.2 Å². The van der Waals surface area contributed by atoms with Gasteiger partial charge in [0.05, 0.1) is 18.1 Å². The molecule has 136 valence electrons. The van der Waals surface area contributed by atoms with Crippen molar-refractivity contribution in [3.05, 3.63) is 55.9 Å². The highest BCUT2D eigenvalue weighted by Crippen LogP contribution is 2.26. The highest BCUT2D eigenvalue weighted by Gasteiger charge is 2.14. The topological polar surface area (TPSA) is 61.2 Å². The maximum Gasteiger partial charge on any atom is 0.313 e. The Kier molecular flexibility index (Phi) is 4.96. The molecule has 2 heterocycles. The number of carbonyl (C=O) groups is 1. The molecule has 0 aliphatic rings. The van der Waals surface area contributed by atoms with Gasteiger partial charge in [-0.2, -0.15) is 0 Å². The fraction of sp³-hybridized carbons (Fsp3) is 0.350. The van der Waals surface area contributed by atoms with E-state index in [0.29, 0.717) is 11.1 Å². The van der Waals surface area contributed by atoms with Crippen LogP contribution in [-0.2, 0) is 11.3 Å². The van der Waals surface area contributed by atoms with Gasteiger partial charge in [-0.05, 0) is 51.3 Å². The minimum Gasteiger partial charge on any atom is -0.426 e. The Morgan fingerprint density at radius 2 is 1.81 bits per heavy atom. The zero-order chi connectivity index (χ0) is 19.0. The number of hydrogen-bond donors (Lipinski definition) is 0. The molecule has 0 N–H and O–H groups in total. The second-order valence-electron chi connectivity index (χ2n) is 6.66. The second kappa shape index (κ2) is 7.03. The van der Waals surface area contributed by atoms with Crippen molar-refractivity contribution in [1.82, 2.24) is 9.55 Å². The molecule has 1 aromatic carbocycles. The summed E-state index contributed by atoms with van der Waals surface area (Å²) in [6, 6.07) is 3.97. The largest absolute Gasteiger partial charge is 0.426 e. The molecule has 5 nitrogen and oxygen atoms in total. The van der Waals surface area contributed by atoms with E-state index in [0.717, 1.165) is 32.0 Å². The predicted molar refractivity (Wildman–Crippen MR) is 104 cm³/mol. The number of benzene rings is 1. The number of rotatable bonds is 4. The molecule has 26 heavy (non-hydrogen) atoms. The van der Waals surface area contributed by atoms with Crippen molar-refractivity contribution < 1.29 is 9.53 Å². The van der Waals surface area contributed by atoms with Crippen molar-refractivity contribution in [3.8, 4) is 5.75 Å². The number of aryl methyl sites for hydroxylation is 6. The van der Waals surface area contributed by atoms with Crippen LogP contribution in [0.4, 0.5) is 0 Å². The first-order chi connectivity index (χ1) is 12.3. The van der Waals surface area contributed by atoms with Crippen molar-refractivity contribution in [2.45, 2.75) is 47.6 Å². The first-order valence-corrected chi connectivity index (χ1v) is 9.33. The molecule has 3 aromatic rings. The number of nitrogens with zero attached hydrogens (tertiary/aromatic N) is 2. The lowest BCUT2D eigenvalue weighted by atomic mass is 10.1. The standard InChI is InChI=1S/C20H22N2O3S/c1-11-8-12(2)18(13(3)9-11)25-16(23)6-7-22-10-21-19-17(20(22)24)14(4)15(5)26-19/h8-10H,6-7H2,1-5H3. The first kappa shape index (κ1) is 18.3. The second-order valence-corrected chi connectivity index (χ2v) is 7.86. The van der Waals surface area contributed by atoms with Crippen molar-refractivity contribution in [1.29, 1.82) is 0 Å².